The van der Waals surface area contributed by atoms with Gasteiger partial charge >= 0.3 is 6.09 Å². The average Bonchev–Trinajstić information content (AvgIpc) is 2.85. The highest BCUT2D eigenvalue weighted by atomic mass is 16.6. The number of carbonyl (C=O) groups excluding carboxylic acids is 1. The number of amides is 1. The number of aliphatic hydroxyl groups excluding tert-OH is 1. The van der Waals surface area contributed by atoms with Crippen LogP contribution in [0.2, 0.25) is 0 Å². The number of aliphatic hydroxyl groups is 1. The third-order valence-electron chi connectivity index (χ3n) is 4.54. The monoisotopic (exact) mass is 313 g/mol. The molecule has 4 heteroatoms. The van der Waals surface area contributed by atoms with E-state index in [2.05, 4.69) is 13.8 Å². The van der Waals surface area contributed by atoms with Gasteiger partial charge in [-0.1, -0.05) is 26.7 Å². The summed E-state index contributed by atoms with van der Waals surface area (Å²) in [6.45, 7) is 11.7. The average molecular weight is 313 g/mol. The number of carbonyl (C=O) groups is 1. The summed E-state index contributed by atoms with van der Waals surface area (Å²) >= 11 is 0. The molecular formula is C18H35NO3. The van der Waals surface area contributed by atoms with Crippen LogP contribution in [0.5, 0.6) is 0 Å². The zero-order valence-corrected chi connectivity index (χ0v) is 15.2. The molecule has 0 bridgehead atoms. The third-order valence-corrected chi connectivity index (χ3v) is 4.54. The van der Waals surface area contributed by atoms with Gasteiger partial charge in [0.15, 0.2) is 0 Å². The second kappa shape index (κ2) is 8.19. The van der Waals surface area contributed by atoms with Crippen LogP contribution in [-0.2, 0) is 4.74 Å². The van der Waals surface area contributed by atoms with Crippen LogP contribution in [0.15, 0.2) is 0 Å². The molecule has 1 aliphatic carbocycles. The van der Waals surface area contributed by atoms with E-state index in [-0.39, 0.29) is 18.1 Å². The Kier molecular flexibility index (Phi) is 7.17. The Hall–Kier alpha value is -0.770. The second-order valence-corrected chi connectivity index (χ2v) is 8.27. The topological polar surface area (TPSA) is 49.8 Å². The molecule has 0 saturated heterocycles. The lowest BCUT2D eigenvalue weighted by atomic mass is 9.83. The van der Waals surface area contributed by atoms with Crippen LogP contribution in [-0.4, -0.2) is 41.4 Å². The lowest BCUT2D eigenvalue weighted by molar-refractivity contribution is 0.0192. The molecule has 0 aromatic carbocycles. The summed E-state index contributed by atoms with van der Waals surface area (Å²) in [5, 5.41) is 9.74. The van der Waals surface area contributed by atoms with Gasteiger partial charge in [-0.2, -0.15) is 0 Å². The molecule has 0 radical (unpaired) electrons. The maximum absolute atomic E-state index is 12.4. The highest BCUT2D eigenvalue weighted by Gasteiger charge is 2.34. The van der Waals surface area contributed by atoms with Crippen LogP contribution < -0.4 is 0 Å². The van der Waals surface area contributed by atoms with Crippen LogP contribution >= 0.6 is 0 Å². The van der Waals surface area contributed by atoms with Crippen molar-refractivity contribution in [2.75, 3.05) is 19.7 Å². The lowest BCUT2D eigenvalue weighted by Crippen LogP contribution is -2.40. The third kappa shape index (κ3) is 6.55. The van der Waals surface area contributed by atoms with Gasteiger partial charge in [0.2, 0.25) is 0 Å². The van der Waals surface area contributed by atoms with E-state index in [1.54, 1.807) is 0 Å². The minimum absolute atomic E-state index is 0.0259. The predicted octanol–water partition coefficient (Wildman–Crippen LogP) is 4.21. The largest absolute Gasteiger partial charge is 0.444 e. The van der Waals surface area contributed by atoms with E-state index in [1.807, 2.05) is 25.7 Å². The highest BCUT2D eigenvalue weighted by Crippen LogP contribution is 2.40. The van der Waals surface area contributed by atoms with Crippen LogP contribution in [0.3, 0.4) is 0 Å². The Bertz CT molecular complexity index is 341. The van der Waals surface area contributed by atoms with Gasteiger partial charge in [0.25, 0.3) is 0 Å². The summed E-state index contributed by atoms with van der Waals surface area (Å²) in [5.41, 5.74) is -0.437. The van der Waals surface area contributed by atoms with Crippen molar-refractivity contribution in [3.05, 3.63) is 0 Å². The summed E-state index contributed by atoms with van der Waals surface area (Å²) in [6.07, 6.45) is 6.18. The number of hydrogen-bond donors (Lipinski definition) is 1. The normalized spacial score (nSPS) is 17.8. The fourth-order valence-electron chi connectivity index (χ4n) is 3.02. The van der Waals surface area contributed by atoms with Gasteiger partial charge in [-0.25, -0.2) is 4.79 Å². The molecule has 1 rings (SSSR count). The molecule has 4 nitrogen and oxygen atoms in total. The molecule has 0 unspecified atom stereocenters. The molecule has 1 amide bonds. The number of hydrogen-bond acceptors (Lipinski definition) is 3. The Morgan fingerprint density at radius 2 is 1.82 bits per heavy atom. The molecule has 0 atom stereocenters. The molecule has 1 aliphatic rings. The molecule has 1 saturated carbocycles. The Morgan fingerprint density at radius 1 is 1.23 bits per heavy atom. The molecule has 22 heavy (non-hydrogen) atoms. The van der Waals surface area contributed by atoms with E-state index < -0.39 is 5.60 Å². The van der Waals surface area contributed by atoms with E-state index in [0.717, 1.165) is 32.2 Å². The Balaban J connectivity index is 2.62. The van der Waals surface area contributed by atoms with E-state index >= 15 is 0 Å². The second-order valence-electron chi connectivity index (χ2n) is 8.27. The standard InChI is InChI=1S/C18H35NO3/c1-15(2)8-12-19(16(21)22-17(3,4)5)13-11-18(14-20)9-6-7-10-18/h15,20H,6-14H2,1-5H3. The van der Waals surface area contributed by atoms with E-state index in [1.165, 1.54) is 12.8 Å². The smallest absolute Gasteiger partial charge is 0.410 e. The Labute approximate surface area is 136 Å². The summed E-state index contributed by atoms with van der Waals surface area (Å²) < 4.78 is 5.54. The van der Waals surface area contributed by atoms with Gasteiger partial charge in [0.1, 0.15) is 5.60 Å². The lowest BCUT2D eigenvalue weighted by Gasteiger charge is -2.32. The SMILES string of the molecule is CC(C)CCN(CCC1(CO)CCCC1)C(=O)OC(C)(C)C. The molecule has 1 N–H and O–H groups in total. The van der Waals surface area contributed by atoms with Crippen LogP contribution in [0, 0.1) is 11.3 Å². The maximum Gasteiger partial charge on any atom is 0.410 e. The fourth-order valence-corrected chi connectivity index (χ4v) is 3.02. The molecule has 0 aromatic rings. The van der Waals surface area contributed by atoms with Crippen molar-refractivity contribution in [2.45, 2.75) is 78.7 Å². The first-order valence-corrected chi connectivity index (χ1v) is 8.76. The highest BCUT2D eigenvalue weighted by molar-refractivity contribution is 5.68. The van der Waals surface area contributed by atoms with Crippen LogP contribution in [0.1, 0.15) is 73.1 Å². The van der Waals surface area contributed by atoms with Gasteiger partial charge in [0.05, 0.1) is 0 Å². The van der Waals surface area contributed by atoms with Crippen molar-refractivity contribution in [2.24, 2.45) is 11.3 Å². The molecule has 130 valence electrons. The first-order chi connectivity index (χ1) is 10.2. The quantitative estimate of drug-likeness (QED) is 0.766. The summed E-state index contributed by atoms with van der Waals surface area (Å²) in [4.78, 5) is 14.2. The van der Waals surface area contributed by atoms with Crippen LogP contribution in [0.25, 0.3) is 0 Å². The van der Waals surface area contributed by atoms with Crippen molar-refractivity contribution in [1.29, 1.82) is 0 Å². The zero-order valence-electron chi connectivity index (χ0n) is 15.2. The van der Waals surface area contributed by atoms with E-state index in [4.69, 9.17) is 4.74 Å². The number of nitrogens with zero attached hydrogens (tertiary/aromatic N) is 1. The molecule has 0 aromatic heterocycles. The minimum Gasteiger partial charge on any atom is -0.444 e. The van der Waals surface area contributed by atoms with Gasteiger partial charge in [-0.05, 0) is 57.8 Å². The van der Waals surface area contributed by atoms with E-state index in [9.17, 15) is 9.90 Å². The summed E-state index contributed by atoms with van der Waals surface area (Å²) in [5.74, 6) is 0.559. The predicted molar refractivity (Wildman–Crippen MR) is 89.9 cm³/mol. The maximum atomic E-state index is 12.4. The number of rotatable bonds is 7. The van der Waals surface area contributed by atoms with Crippen molar-refractivity contribution < 1.29 is 14.6 Å². The van der Waals surface area contributed by atoms with Crippen molar-refractivity contribution in [1.82, 2.24) is 4.90 Å². The van der Waals surface area contributed by atoms with Gasteiger partial charge in [-0.3, -0.25) is 0 Å². The van der Waals surface area contributed by atoms with Gasteiger partial charge < -0.3 is 14.7 Å². The summed E-state index contributed by atoms with van der Waals surface area (Å²) in [6, 6.07) is 0. The zero-order chi connectivity index (χ0) is 16.8. The van der Waals surface area contributed by atoms with Crippen molar-refractivity contribution in [3.8, 4) is 0 Å². The first-order valence-electron chi connectivity index (χ1n) is 8.76. The van der Waals surface area contributed by atoms with Gasteiger partial charge in [-0.15, -0.1) is 0 Å². The van der Waals surface area contributed by atoms with E-state index in [0.29, 0.717) is 12.5 Å². The minimum atomic E-state index is -0.463. The number of ether oxygens (including phenoxy) is 1. The van der Waals surface area contributed by atoms with Crippen molar-refractivity contribution in [3.63, 3.8) is 0 Å². The van der Waals surface area contributed by atoms with Crippen molar-refractivity contribution >= 4 is 6.09 Å². The Morgan fingerprint density at radius 3 is 2.27 bits per heavy atom. The first kappa shape index (κ1) is 19.3. The molecular weight excluding hydrogens is 278 g/mol. The molecule has 1 fully saturated rings. The van der Waals surface area contributed by atoms with Gasteiger partial charge in [0, 0.05) is 19.7 Å². The molecule has 0 spiro atoms. The molecule has 0 heterocycles. The van der Waals surface area contributed by atoms with Crippen LogP contribution in [0.4, 0.5) is 4.79 Å². The summed E-state index contributed by atoms with van der Waals surface area (Å²) in [7, 11) is 0. The fraction of sp³-hybridized carbons (Fsp3) is 0.944. The molecule has 0 aliphatic heterocycles.